The lowest BCUT2D eigenvalue weighted by molar-refractivity contribution is 0.497. The Kier molecular flexibility index (Phi) is 4.93. The predicted octanol–water partition coefficient (Wildman–Crippen LogP) is 2.46. The average Bonchev–Trinajstić information content (AvgIpc) is 3.02. The highest BCUT2D eigenvalue weighted by atomic mass is 19.1. The van der Waals surface area contributed by atoms with Crippen molar-refractivity contribution < 1.29 is 4.39 Å². The van der Waals surface area contributed by atoms with Crippen molar-refractivity contribution >= 4 is 17.5 Å². The zero-order valence-corrected chi connectivity index (χ0v) is 16.0. The molecule has 0 saturated carbocycles. The van der Waals surface area contributed by atoms with Crippen molar-refractivity contribution in [2.24, 2.45) is 0 Å². The van der Waals surface area contributed by atoms with Gasteiger partial charge in [-0.3, -0.25) is 0 Å². The summed E-state index contributed by atoms with van der Waals surface area (Å²) in [6.07, 6.45) is 3.88. The smallest absolute Gasteiger partial charge is 0.187 e. The molecule has 0 radical (unpaired) electrons. The van der Waals surface area contributed by atoms with Crippen LogP contribution in [0.15, 0.2) is 18.7 Å². The van der Waals surface area contributed by atoms with Crippen molar-refractivity contribution in [3.8, 4) is 0 Å². The van der Waals surface area contributed by atoms with Crippen molar-refractivity contribution in [1.82, 2.24) is 19.9 Å². The van der Waals surface area contributed by atoms with Crippen LogP contribution in [0.1, 0.15) is 32.9 Å². The number of aromatic nitrogens is 4. The highest BCUT2D eigenvalue weighted by molar-refractivity contribution is 5.49. The summed E-state index contributed by atoms with van der Waals surface area (Å²) in [7, 11) is 3.88. The highest BCUT2D eigenvalue weighted by Crippen LogP contribution is 2.29. The fourth-order valence-corrected chi connectivity index (χ4v) is 3.05. The summed E-state index contributed by atoms with van der Waals surface area (Å²) in [4.78, 5) is 20.7. The minimum Gasteiger partial charge on any atom is -0.365 e. The molecule has 3 rings (SSSR count). The Hall–Kier alpha value is -2.51. The molecule has 0 aromatic carbocycles. The molecule has 3 heterocycles. The molecule has 1 fully saturated rings. The van der Waals surface area contributed by atoms with Crippen LogP contribution in [0.5, 0.6) is 0 Å². The van der Waals surface area contributed by atoms with E-state index >= 15 is 0 Å². The first-order chi connectivity index (χ1) is 12.3. The van der Waals surface area contributed by atoms with Crippen molar-refractivity contribution in [1.29, 1.82) is 0 Å². The lowest BCUT2D eigenvalue weighted by atomic mass is 9.91. The van der Waals surface area contributed by atoms with Gasteiger partial charge in [-0.2, -0.15) is 0 Å². The fourth-order valence-electron chi connectivity index (χ4n) is 3.05. The number of hydrogen-bond acceptors (Lipinski definition) is 7. The van der Waals surface area contributed by atoms with Gasteiger partial charge in [0, 0.05) is 44.7 Å². The third-order valence-electron chi connectivity index (χ3n) is 4.43. The van der Waals surface area contributed by atoms with E-state index in [0.717, 1.165) is 24.6 Å². The molecule has 0 bridgehead atoms. The largest absolute Gasteiger partial charge is 0.365 e. The number of rotatable bonds is 4. The Bertz CT molecular complexity index is 772. The Balaban J connectivity index is 1.72. The quantitative estimate of drug-likeness (QED) is 0.899. The summed E-state index contributed by atoms with van der Waals surface area (Å²) in [5.41, 5.74) is 0.0909. The SMILES string of the molecule is CN(C)c1cc(NC2CCN(c3ncnc(C(C)(C)C)c3F)C2)ncn1. The molecule has 26 heavy (non-hydrogen) atoms. The first kappa shape index (κ1) is 18.3. The maximum atomic E-state index is 14.9. The highest BCUT2D eigenvalue weighted by Gasteiger charge is 2.29. The van der Waals surface area contributed by atoms with Crippen LogP contribution >= 0.6 is 0 Å². The van der Waals surface area contributed by atoms with Crippen molar-refractivity contribution in [3.05, 3.63) is 30.2 Å². The molecule has 1 aliphatic heterocycles. The first-order valence-electron chi connectivity index (χ1n) is 8.77. The molecule has 0 amide bonds. The molecule has 7 nitrogen and oxygen atoms in total. The Morgan fingerprint density at radius 3 is 2.58 bits per heavy atom. The summed E-state index contributed by atoms with van der Waals surface area (Å²) in [5, 5.41) is 3.41. The molecule has 8 heteroatoms. The van der Waals surface area contributed by atoms with Gasteiger partial charge in [0.25, 0.3) is 0 Å². The van der Waals surface area contributed by atoms with Crippen LogP contribution in [-0.2, 0) is 5.41 Å². The number of nitrogens with zero attached hydrogens (tertiary/aromatic N) is 6. The molecule has 1 unspecified atom stereocenters. The maximum absolute atomic E-state index is 14.9. The monoisotopic (exact) mass is 359 g/mol. The minimum absolute atomic E-state index is 0.173. The first-order valence-corrected chi connectivity index (χ1v) is 8.77. The molecule has 1 atom stereocenters. The van der Waals surface area contributed by atoms with E-state index in [9.17, 15) is 4.39 Å². The second-order valence-electron chi connectivity index (χ2n) is 7.84. The van der Waals surface area contributed by atoms with Gasteiger partial charge < -0.3 is 15.1 Å². The van der Waals surface area contributed by atoms with Gasteiger partial charge in [0.2, 0.25) is 0 Å². The van der Waals surface area contributed by atoms with Gasteiger partial charge in [0.05, 0.1) is 5.69 Å². The lowest BCUT2D eigenvalue weighted by Gasteiger charge is -2.23. The van der Waals surface area contributed by atoms with Gasteiger partial charge in [0.15, 0.2) is 11.6 Å². The molecule has 1 aliphatic rings. The zero-order valence-electron chi connectivity index (χ0n) is 16.0. The van der Waals surface area contributed by atoms with Gasteiger partial charge in [0.1, 0.15) is 24.3 Å². The third kappa shape index (κ3) is 3.84. The molecule has 1 saturated heterocycles. The minimum atomic E-state index is -0.358. The Labute approximate surface area is 153 Å². The molecule has 140 valence electrons. The van der Waals surface area contributed by atoms with Gasteiger partial charge in [-0.1, -0.05) is 20.8 Å². The van der Waals surface area contributed by atoms with E-state index in [-0.39, 0.29) is 17.3 Å². The van der Waals surface area contributed by atoms with Crippen LogP contribution in [0, 0.1) is 5.82 Å². The number of anilines is 3. The van der Waals surface area contributed by atoms with Crippen molar-refractivity contribution in [2.45, 2.75) is 38.6 Å². The average molecular weight is 359 g/mol. The van der Waals surface area contributed by atoms with E-state index < -0.39 is 0 Å². The lowest BCUT2D eigenvalue weighted by Crippen LogP contribution is -2.29. The summed E-state index contributed by atoms with van der Waals surface area (Å²) < 4.78 is 14.9. The van der Waals surface area contributed by atoms with Crippen LogP contribution in [0.4, 0.5) is 21.8 Å². The molecular formula is C18H26FN7. The van der Waals surface area contributed by atoms with Crippen molar-refractivity contribution in [3.63, 3.8) is 0 Å². The summed E-state index contributed by atoms with van der Waals surface area (Å²) >= 11 is 0. The van der Waals surface area contributed by atoms with E-state index in [1.54, 1.807) is 6.33 Å². The third-order valence-corrected chi connectivity index (χ3v) is 4.43. The van der Waals surface area contributed by atoms with Crippen LogP contribution in [-0.4, -0.2) is 53.2 Å². The molecule has 0 spiro atoms. The van der Waals surface area contributed by atoms with E-state index in [4.69, 9.17) is 0 Å². The maximum Gasteiger partial charge on any atom is 0.187 e. The molecule has 2 aromatic rings. The van der Waals surface area contributed by atoms with Gasteiger partial charge >= 0.3 is 0 Å². The fraction of sp³-hybridized carbons (Fsp3) is 0.556. The normalized spacial score (nSPS) is 17.5. The Morgan fingerprint density at radius 1 is 1.15 bits per heavy atom. The van der Waals surface area contributed by atoms with Crippen LogP contribution in [0.2, 0.25) is 0 Å². The topological polar surface area (TPSA) is 70.1 Å². The molecule has 2 aromatic heterocycles. The van der Waals surface area contributed by atoms with E-state index in [0.29, 0.717) is 18.1 Å². The van der Waals surface area contributed by atoms with Crippen LogP contribution < -0.4 is 15.1 Å². The van der Waals surface area contributed by atoms with E-state index in [2.05, 4.69) is 25.3 Å². The van der Waals surface area contributed by atoms with Gasteiger partial charge in [-0.25, -0.2) is 24.3 Å². The second kappa shape index (κ2) is 7.01. The zero-order chi connectivity index (χ0) is 18.9. The standard InChI is InChI=1S/C18H26FN7/c1-18(2,3)16-15(19)17(23-11-22-16)26-7-6-12(9-26)24-13-8-14(25(4)5)21-10-20-13/h8,10-12H,6-7,9H2,1-5H3,(H,20,21,24). The van der Waals surface area contributed by atoms with E-state index in [1.165, 1.54) is 6.33 Å². The van der Waals surface area contributed by atoms with Gasteiger partial charge in [-0.05, 0) is 6.42 Å². The molecule has 0 aliphatic carbocycles. The van der Waals surface area contributed by atoms with Crippen LogP contribution in [0.25, 0.3) is 0 Å². The molecule has 1 N–H and O–H groups in total. The number of nitrogens with one attached hydrogen (secondary N) is 1. The summed E-state index contributed by atoms with van der Waals surface area (Å²) in [5.74, 6) is 1.67. The predicted molar refractivity (Wildman–Crippen MR) is 101 cm³/mol. The molecular weight excluding hydrogens is 333 g/mol. The number of hydrogen-bond donors (Lipinski definition) is 1. The number of halogens is 1. The summed E-state index contributed by atoms with van der Waals surface area (Å²) in [6, 6.07) is 2.08. The summed E-state index contributed by atoms with van der Waals surface area (Å²) in [6.45, 7) is 7.26. The Morgan fingerprint density at radius 2 is 1.88 bits per heavy atom. The second-order valence-corrected chi connectivity index (χ2v) is 7.84. The van der Waals surface area contributed by atoms with Crippen LogP contribution in [0.3, 0.4) is 0 Å². The van der Waals surface area contributed by atoms with Gasteiger partial charge in [-0.15, -0.1) is 0 Å². The van der Waals surface area contributed by atoms with E-state index in [1.807, 2.05) is 50.7 Å². The van der Waals surface area contributed by atoms with Crippen molar-refractivity contribution in [2.75, 3.05) is 42.3 Å².